The fourth-order valence-corrected chi connectivity index (χ4v) is 12.8. The molecule has 6 nitrogen and oxygen atoms in total. The van der Waals surface area contributed by atoms with Crippen molar-refractivity contribution in [2.75, 3.05) is 6.61 Å². The van der Waals surface area contributed by atoms with Gasteiger partial charge in [-0.15, -0.1) is 0 Å². The van der Waals surface area contributed by atoms with E-state index in [4.69, 9.17) is 18.9 Å². The number of aliphatic hydroxyl groups is 2. The van der Waals surface area contributed by atoms with Crippen LogP contribution in [0.4, 0.5) is 4.39 Å². The van der Waals surface area contributed by atoms with Crippen LogP contribution >= 0.6 is 0 Å². The maximum absolute atomic E-state index is 14.0. The predicted octanol–water partition coefficient (Wildman–Crippen LogP) is 7.06. The monoisotopic (exact) mass is 604 g/mol. The maximum atomic E-state index is 14.0. The van der Waals surface area contributed by atoms with E-state index in [-0.39, 0.29) is 35.4 Å². The minimum Gasteiger partial charge on any atom is -0.492 e. The molecule has 10 unspecified atom stereocenters. The van der Waals surface area contributed by atoms with Crippen LogP contribution in [0.3, 0.4) is 0 Å². The van der Waals surface area contributed by atoms with Gasteiger partial charge in [-0.05, 0) is 129 Å². The summed E-state index contributed by atoms with van der Waals surface area (Å²) in [6.45, 7) is 15.4. The van der Waals surface area contributed by atoms with E-state index < -0.39 is 18.1 Å². The lowest BCUT2D eigenvalue weighted by Gasteiger charge is -2.59. The zero-order chi connectivity index (χ0) is 30.7. The smallest absolute Gasteiger partial charge is 0.196 e. The van der Waals surface area contributed by atoms with Gasteiger partial charge in [0.2, 0.25) is 0 Å². The lowest BCUT2D eigenvalue weighted by atomic mass is 9.46. The molecule has 0 radical (unpaired) electrons. The number of ether oxygens (including phenoxy) is 4. The third kappa shape index (κ3) is 4.33. The molecule has 7 aliphatic rings. The fourth-order valence-electron chi connectivity index (χ4n) is 12.8. The second-order valence-electron chi connectivity index (χ2n) is 17.1. The van der Waals surface area contributed by atoms with Gasteiger partial charge in [-0.2, -0.15) is 0 Å². The van der Waals surface area contributed by atoms with E-state index in [0.29, 0.717) is 48.0 Å². The molecule has 5 fully saturated rings. The molecule has 0 aromatic heterocycles. The molecule has 0 amide bonds. The number of hydrogen-bond donors (Lipinski definition) is 2. The third-order valence-electron chi connectivity index (χ3n) is 14.6. The second-order valence-corrected chi connectivity index (χ2v) is 17.1. The minimum absolute atomic E-state index is 0.0661. The molecule has 2 aliphatic heterocycles. The van der Waals surface area contributed by atoms with Crippen LogP contribution < -0.4 is 0 Å². The highest BCUT2D eigenvalue weighted by Crippen LogP contribution is 2.89. The van der Waals surface area contributed by atoms with Crippen LogP contribution in [0.15, 0.2) is 11.3 Å². The first-order chi connectivity index (χ1) is 20.2. The van der Waals surface area contributed by atoms with Crippen molar-refractivity contribution in [2.45, 2.75) is 162 Å². The number of rotatable bonds is 6. The van der Waals surface area contributed by atoms with Gasteiger partial charge in [0.25, 0.3) is 0 Å². The Morgan fingerprint density at radius 1 is 1.00 bits per heavy atom. The number of fused-ring (bicyclic) bond motifs is 3. The molecule has 5 aliphatic carbocycles. The first kappa shape index (κ1) is 30.9. The lowest BCUT2D eigenvalue weighted by Crippen LogP contribution is -2.55. The molecule has 1 saturated heterocycles. The van der Waals surface area contributed by atoms with Gasteiger partial charge >= 0.3 is 0 Å². The Morgan fingerprint density at radius 3 is 2.47 bits per heavy atom. The van der Waals surface area contributed by atoms with Crippen molar-refractivity contribution in [3.05, 3.63) is 11.3 Å². The summed E-state index contributed by atoms with van der Waals surface area (Å²) in [6.07, 6.45) is 8.41. The van der Waals surface area contributed by atoms with E-state index >= 15 is 0 Å². The van der Waals surface area contributed by atoms with Crippen LogP contribution in [0.5, 0.6) is 0 Å². The SMILES string of the molecule is CC(F)OC([C@H]1CCC2=C(CC3C4CCC5C(C)(C)C(OC6CC(O)CCO6)CCC56[C@@H](C)[C@@]46CCC23C)O1)C(C)(C)O. The molecule has 0 bridgehead atoms. The average molecular weight is 605 g/mol. The van der Waals surface area contributed by atoms with Gasteiger partial charge in [-0.1, -0.05) is 27.7 Å². The van der Waals surface area contributed by atoms with Crippen molar-refractivity contribution in [1.82, 2.24) is 0 Å². The Labute approximate surface area is 258 Å². The molecule has 2 N–H and O–H groups in total. The van der Waals surface area contributed by atoms with Crippen LogP contribution in [-0.2, 0) is 18.9 Å². The Kier molecular flexibility index (Phi) is 7.28. The van der Waals surface area contributed by atoms with Crippen molar-refractivity contribution >= 4 is 0 Å². The van der Waals surface area contributed by atoms with E-state index in [2.05, 4.69) is 27.7 Å². The average Bonchev–Trinajstić information content (AvgIpc) is 3.30. The van der Waals surface area contributed by atoms with Gasteiger partial charge in [-0.3, -0.25) is 0 Å². The van der Waals surface area contributed by atoms with E-state index in [0.717, 1.165) is 37.4 Å². The number of allylic oxidation sites excluding steroid dienone is 2. The summed E-state index contributed by atoms with van der Waals surface area (Å²) < 4.78 is 39.0. The Morgan fingerprint density at radius 2 is 1.77 bits per heavy atom. The van der Waals surface area contributed by atoms with E-state index in [9.17, 15) is 14.6 Å². The molecule has 7 rings (SSSR count). The Hall–Kier alpha value is -0.730. The van der Waals surface area contributed by atoms with Crippen LogP contribution in [0.2, 0.25) is 0 Å². The van der Waals surface area contributed by atoms with Crippen molar-refractivity contribution in [1.29, 1.82) is 0 Å². The lowest BCUT2D eigenvalue weighted by molar-refractivity contribution is -0.248. The summed E-state index contributed by atoms with van der Waals surface area (Å²) in [7, 11) is 0. The van der Waals surface area contributed by atoms with Crippen molar-refractivity contribution in [3.8, 4) is 0 Å². The van der Waals surface area contributed by atoms with E-state index in [1.165, 1.54) is 44.6 Å². The van der Waals surface area contributed by atoms with Gasteiger partial charge < -0.3 is 29.2 Å². The third-order valence-corrected chi connectivity index (χ3v) is 14.6. The molecular weight excluding hydrogens is 547 g/mol. The van der Waals surface area contributed by atoms with Crippen LogP contribution in [0, 0.1) is 45.3 Å². The highest BCUT2D eigenvalue weighted by Gasteiger charge is 2.84. The number of halogens is 1. The Balaban J connectivity index is 1.11. The maximum Gasteiger partial charge on any atom is 0.196 e. The van der Waals surface area contributed by atoms with E-state index in [1.807, 2.05) is 0 Å². The first-order valence-electron chi connectivity index (χ1n) is 17.5. The van der Waals surface area contributed by atoms with Gasteiger partial charge in [0.1, 0.15) is 12.2 Å². The normalized spacial score (nSPS) is 49.9. The molecule has 244 valence electrons. The Bertz CT molecular complexity index is 1130. The van der Waals surface area contributed by atoms with Crippen LogP contribution in [0.1, 0.15) is 119 Å². The molecule has 2 spiro atoms. The molecule has 0 aromatic carbocycles. The van der Waals surface area contributed by atoms with Crippen molar-refractivity contribution in [2.24, 2.45) is 45.3 Å². The van der Waals surface area contributed by atoms with E-state index in [1.54, 1.807) is 13.8 Å². The number of alkyl halides is 1. The second kappa shape index (κ2) is 10.1. The highest BCUT2D eigenvalue weighted by molar-refractivity contribution is 5.37. The van der Waals surface area contributed by atoms with Gasteiger partial charge in [0.05, 0.1) is 30.2 Å². The molecule has 13 atom stereocenters. The molecule has 2 heterocycles. The van der Waals surface area contributed by atoms with Crippen molar-refractivity contribution in [3.63, 3.8) is 0 Å². The zero-order valence-corrected chi connectivity index (χ0v) is 27.7. The summed E-state index contributed by atoms with van der Waals surface area (Å²) in [4.78, 5) is 0. The summed E-state index contributed by atoms with van der Waals surface area (Å²) in [5.74, 6) is 3.77. The topological polar surface area (TPSA) is 77.4 Å². The van der Waals surface area contributed by atoms with Crippen molar-refractivity contribution < 1.29 is 33.6 Å². The minimum atomic E-state index is -1.45. The van der Waals surface area contributed by atoms with Gasteiger partial charge in [0.15, 0.2) is 12.6 Å². The largest absolute Gasteiger partial charge is 0.492 e. The summed E-state index contributed by atoms with van der Waals surface area (Å²) in [5, 5.41) is 21.1. The molecule has 4 saturated carbocycles. The van der Waals surface area contributed by atoms with Gasteiger partial charge in [-0.25, -0.2) is 4.39 Å². The first-order valence-corrected chi connectivity index (χ1v) is 17.5. The van der Waals surface area contributed by atoms with Crippen LogP contribution in [-0.4, -0.2) is 59.5 Å². The zero-order valence-electron chi connectivity index (χ0n) is 27.7. The highest BCUT2D eigenvalue weighted by atomic mass is 19.1. The molecular formula is C36H57FO6. The predicted molar refractivity (Wildman–Crippen MR) is 161 cm³/mol. The molecule has 43 heavy (non-hydrogen) atoms. The summed E-state index contributed by atoms with van der Waals surface area (Å²) >= 11 is 0. The summed E-state index contributed by atoms with van der Waals surface area (Å²) in [6, 6.07) is 0. The quantitative estimate of drug-likeness (QED) is 0.316. The number of aliphatic hydroxyl groups excluding tert-OH is 1. The number of hydrogen-bond acceptors (Lipinski definition) is 6. The molecule has 7 heteroatoms. The van der Waals surface area contributed by atoms with Crippen LogP contribution in [0.25, 0.3) is 0 Å². The summed E-state index contributed by atoms with van der Waals surface area (Å²) in [5.41, 5.74) is 1.34. The fraction of sp³-hybridized carbons (Fsp3) is 0.944. The molecule has 0 aromatic rings. The van der Waals surface area contributed by atoms with Gasteiger partial charge in [0, 0.05) is 12.8 Å². The standard InChI is InChI=1S/C36H57FO6/c1-20-35-16-15-34(7)24-8-10-26(31(33(5,6)39)41-21(2)37)42-27(24)19-25(34)23(35)9-11-28-32(3,4)29(12-14-36(20,28)35)43-30-18-22(38)13-17-40-30/h20-23,25-26,28-31,38-39H,8-19H2,1-7H3/t20-,21?,22?,23?,25?,26+,28?,29?,30?,31?,34?,35-,36?/m0/s1.